The van der Waals surface area contributed by atoms with Crippen LogP contribution in [0.3, 0.4) is 0 Å². The summed E-state index contributed by atoms with van der Waals surface area (Å²) in [6.07, 6.45) is 7.53. The van der Waals surface area contributed by atoms with Crippen LogP contribution in [0.4, 0.5) is 0 Å². The molecule has 0 aromatic heterocycles. The SMILES string of the molecule is C=C(C)CCC(N)C(C)(C)N1CCCCCC1. The Balaban J connectivity index is 2.54. The Morgan fingerprint density at radius 3 is 2.24 bits per heavy atom. The molecule has 1 atom stereocenters. The van der Waals surface area contributed by atoms with Gasteiger partial charge >= 0.3 is 0 Å². The second kappa shape index (κ2) is 6.55. The lowest BCUT2D eigenvalue weighted by Gasteiger charge is -2.42. The highest BCUT2D eigenvalue weighted by atomic mass is 15.2. The fraction of sp³-hybridized carbons (Fsp3) is 0.867. The molecule has 0 aromatic carbocycles. The first kappa shape index (κ1) is 14.7. The first-order chi connectivity index (χ1) is 7.94. The van der Waals surface area contributed by atoms with Crippen LogP contribution in [-0.2, 0) is 0 Å². The molecule has 2 heteroatoms. The van der Waals surface area contributed by atoms with Crippen molar-refractivity contribution >= 4 is 0 Å². The summed E-state index contributed by atoms with van der Waals surface area (Å²) < 4.78 is 0. The summed E-state index contributed by atoms with van der Waals surface area (Å²) in [6, 6.07) is 0.247. The van der Waals surface area contributed by atoms with Gasteiger partial charge in [-0.1, -0.05) is 18.4 Å². The van der Waals surface area contributed by atoms with Crippen molar-refractivity contribution in [3.8, 4) is 0 Å². The van der Waals surface area contributed by atoms with E-state index in [1.54, 1.807) is 0 Å². The van der Waals surface area contributed by atoms with Crippen molar-refractivity contribution in [2.45, 2.75) is 70.9 Å². The third-order valence-electron chi connectivity index (χ3n) is 4.21. The van der Waals surface area contributed by atoms with Crippen LogP contribution in [0.15, 0.2) is 12.2 Å². The van der Waals surface area contributed by atoms with E-state index in [1.165, 1.54) is 44.3 Å². The van der Waals surface area contributed by atoms with Gasteiger partial charge in [-0.3, -0.25) is 4.90 Å². The zero-order chi connectivity index (χ0) is 12.9. The van der Waals surface area contributed by atoms with Crippen molar-refractivity contribution in [3.05, 3.63) is 12.2 Å². The van der Waals surface area contributed by atoms with E-state index in [1.807, 2.05) is 0 Å². The predicted molar refractivity (Wildman–Crippen MR) is 76.1 cm³/mol. The first-order valence-corrected chi connectivity index (χ1v) is 7.09. The minimum atomic E-state index is 0.125. The molecule has 0 aliphatic carbocycles. The molecule has 1 aliphatic heterocycles. The van der Waals surface area contributed by atoms with Crippen molar-refractivity contribution in [3.63, 3.8) is 0 Å². The summed E-state index contributed by atoms with van der Waals surface area (Å²) in [4.78, 5) is 2.60. The molecular weight excluding hydrogens is 208 g/mol. The molecule has 0 radical (unpaired) electrons. The van der Waals surface area contributed by atoms with Crippen molar-refractivity contribution in [1.29, 1.82) is 0 Å². The van der Waals surface area contributed by atoms with Crippen LogP contribution in [-0.4, -0.2) is 29.6 Å². The number of hydrogen-bond acceptors (Lipinski definition) is 2. The summed E-state index contributed by atoms with van der Waals surface area (Å²) in [5.41, 5.74) is 7.77. The minimum Gasteiger partial charge on any atom is -0.326 e. The van der Waals surface area contributed by atoms with Crippen LogP contribution in [0, 0.1) is 0 Å². The van der Waals surface area contributed by atoms with Crippen LogP contribution in [0.2, 0.25) is 0 Å². The molecule has 1 fully saturated rings. The number of hydrogen-bond donors (Lipinski definition) is 1. The molecule has 1 rings (SSSR count). The van der Waals surface area contributed by atoms with Gasteiger partial charge in [0.2, 0.25) is 0 Å². The van der Waals surface area contributed by atoms with E-state index in [9.17, 15) is 0 Å². The molecular formula is C15H30N2. The van der Waals surface area contributed by atoms with Crippen molar-refractivity contribution < 1.29 is 0 Å². The molecule has 1 heterocycles. The Labute approximate surface area is 107 Å². The van der Waals surface area contributed by atoms with Gasteiger partial charge in [-0.2, -0.15) is 0 Å². The monoisotopic (exact) mass is 238 g/mol. The second-order valence-electron chi connectivity index (χ2n) is 6.16. The zero-order valence-corrected chi connectivity index (χ0v) is 12.0. The van der Waals surface area contributed by atoms with Crippen LogP contribution in [0.5, 0.6) is 0 Å². The highest BCUT2D eigenvalue weighted by Gasteiger charge is 2.32. The first-order valence-electron chi connectivity index (χ1n) is 7.09. The molecule has 0 saturated carbocycles. The van der Waals surface area contributed by atoms with Gasteiger partial charge in [0, 0.05) is 11.6 Å². The Morgan fingerprint density at radius 2 is 1.76 bits per heavy atom. The van der Waals surface area contributed by atoms with Crippen molar-refractivity contribution in [2.75, 3.05) is 13.1 Å². The lowest BCUT2D eigenvalue weighted by molar-refractivity contribution is 0.0949. The maximum Gasteiger partial charge on any atom is 0.0304 e. The van der Waals surface area contributed by atoms with E-state index in [0.717, 1.165) is 12.8 Å². The van der Waals surface area contributed by atoms with E-state index in [0.29, 0.717) is 0 Å². The molecule has 0 bridgehead atoms. The molecule has 0 amide bonds. The fourth-order valence-corrected chi connectivity index (χ4v) is 2.64. The second-order valence-corrected chi connectivity index (χ2v) is 6.16. The van der Waals surface area contributed by atoms with E-state index in [4.69, 9.17) is 5.73 Å². The third kappa shape index (κ3) is 4.44. The Bertz CT molecular complexity index is 237. The van der Waals surface area contributed by atoms with E-state index in [-0.39, 0.29) is 11.6 Å². The van der Waals surface area contributed by atoms with E-state index < -0.39 is 0 Å². The van der Waals surface area contributed by atoms with E-state index in [2.05, 4.69) is 32.3 Å². The summed E-state index contributed by atoms with van der Waals surface area (Å²) >= 11 is 0. The van der Waals surface area contributed by atoms with Crippen LogP contribution in [0.1, 0.15) is 59.3 Å². The molecule has 2 N–H and O–H groups in total. The maximum atomic E-state index is 6.40. The van der Waals surface area contributed by atoms with Gasteiger partial charge in [0.05, 0.1) is 0 Å². The van der Waals surface area contributed by atoms with Gasteiger partial charge in [-0.05, 0) is 59.5 Å². The van der Waals surface area contributed by atoms with Crippen LogP contribution < -0.4 is 5.73 Å². The number of rotatable bonds is 5. The highest BCUT2D eigenvalue weighted by Crippen LogP contribution is 2.25. The Morgan fingerprint density at radius 1 is 1.24 bits per heavy atom. The van der Waals surface area contributed by atoms with Gasteiger partial charge in [0.1, 0.15) is 0 Å². The maximum absolute atomic E-state index is 6.40. The normalized spacial score (nSPS) is 20.9. The number of nitrogens with zero attached hydrogens (tertiary/aromatic N) is 1. The van der Waals surface area contributed by atoms with E-state index >= 15 is 0 Å². The summed E-state index contributed by atoms with van der Waals surface area (Å²) in [7, 11) is 0. The number of likely N-dealkylation sites (tertiary alicyclic amines) is 1. The standard InChI is InChI=1S/C15H30N2/c1-13(2)9-10-14(16)15(3,4)17-11-7-5-6-8-12-17/h14H,1,5-12,16H2,2-4H3. The van der Waals surface area contributed by atoms with Crippen LogP contribution in [0.25, 0.3) is 0 Å². The highest BCUT2D eigenvalue weighted by molar-refractivity contribution is 4.96. The van der Waals surface area contributed by atoms with Crippen molar-refractivity contribution in [2.24, 2.45) is 5.73 Å². The number of allylic oxidation sites excluding steroid dienone is 1. The predicted octanol–water partition coefficient (Wildman–Crippen LogP) is 3.32. The summed E-state index contributed by atoms with van der Waals surface area (Å²) in [5.74, 6) is 0. The van der Waals surface area contributed by atoms with Gasteiger partial charge in [0.15, 0.2) is 0 Å². The lowest BCUT2D eigenvalue weighted by atomic mass is 9.88. The third-order valence-corrected chi connectivity index (χ3v) is 4.21. The summed E-state index contributed by atoms with van der Waals surface area (Å²) in [5, 5.41) is 0. The van der Waals surface area contributed by atoms with Gasteiger partial charge < -0.3 is 5.73 Å². The minimum absolute atomic E-state index is 0.125. The van der Waals surface area contributed by atoms with Gasteiger partial charge in [-0.15, -0.1) is 6.58 Å². The number of nitrogens with two attached hydrogens (primary N) is 1. The largest absolute Gasteiger partial charge is 0.326 e. The molecule has 0 aromatic rings. The molecule has 100 valence electrons. The van der Waals surface area contributed by atoms with Gasteiger partial charge in [0.25, 0.3) is 0 Å². The quantitative estimate of drug-likeness (QED) is 0.744. The molecule has 1 aliphatic rings. The Hall–Kier alpha value is -0.340. The fourth-order valence-electron chi connectivity index (χ4n) is 2.64. The van der Waals surface area contributed by atoms with Crippen molar-refractivity contribution in [1.82, 2.24) is 4.90 Å². The van der Waals surface area contributed by atoms with Crippen LogP contribution >= 0.6 is 0 Å². The summed E-state index contributed by atoms with van der Waals surface area (Å²) in [6.45, 7) is 13.1. The zero-order valence-electron chi connectivity index (χ0n) is 12.0. The molecule has 1 saturated heterocycles. The topological polar surface area (TPSA) is 29.3 Å². The molecule has 1 unspecified atom stereocenters. The average molecular weight is 238 g/mol. The molecule has 17 heavy (non-hydrogen) atoms. The average Bonchev–Trinajstić information content (AvgIpc) is 2.54. The smallest absolute Gasteiger partial charge is 0.0304 e. The lowest BCUT2D eigenvalue weighted by Crippen LogP contribution is -2.56. The molecule has 2 nitrogen and oxygen atoms in total. The van der Waals surface area contributed by atoms with Gasteiger partial charge in [-0.25, -0.2) is 0 Å². The Kier molecular flexibility index (Phi) is 5.68. The molecule has 0 spiro atoms.